The molecule has 0 bridgehead atoms. The molecule has 3 aromatic rings. The van der Waals surface area contributed by atoms with Crippen LogP contribution in [0.1, 0.15) is 36.2 Å². The minimum Gasteiger partial charge on any atom is -0.378 e. The van der Waals surface area contributed by atoms with E-state index in [1.165, 1.54) is 6.33 Å². The van der Waals surface area contributed by atoms with Crippen molar-refractivity contribution < 1.29 is 9.53 Å². The highest BCUT2D eigenvalue weighted by molar-refractivity contribution is 5.76. The molecule has 1 fully saturated rings. The number of aromatic nitrogens is 5. The minimum atomic E-state index is -0.191. The molecule has 10 heteroatoms. The number of carbonyl (C=O) groups is 1. The van der Waals surface area contributed by atoms with Gasteiger partial charge in [0.2, 0.25) is 11.9 Å². The zero-order valence-electron chi connectivity index (χ0n) is 18.2. The lowest BCUT2D eigenvalue weighted by Crippen LogP contribution is -2.38. The summed E-state index contributed by atoms with van der Waals surface area (Å²) in [5, 5.41) is 7.10. The topological polar surface area (TPSA) is 118 Å². The third-order valence-corrected chi connectivity index (χ3v) is 5.58. The normalized spacial score (nSPS) is 14.9. The molecule has 0 radical (unpaired) electrons. The highest BCUT2D eigenvalue weighted by Crippen LogP contribution is 2.16. The summed E-state index contributed by atoms with van der Waals surface area (Å²) in [7, 11) is 0. The van der Waals surface area contributed by atoms with Crippen molar-refractivity contribution in [3.05, 3.63) is 64.1 Å². The first kappa shape index (κ1) is 21.7. The second kappa shape index (κ2) is 9.73. The van der Waals surface area contributed by atoms with E-state index >= 15 is 0 Å². The van der Waals surface area contributed by atoms with Gasteiger partial charge in [0.25, 0.3) is 5.56 Å². The monoisotopic (exact) mass is 437 g/mol. The van der Waals surface area contributed by atoms with Gasteiger partial charge in [0.1, 0.15) is 12.7 Å². The standard InChI is InChI=1S/C22H27N7O3/c1-15(17-3-5-18(6-4-17)29-14-23-13-24-29)25-20(30)8-7-19-16(2)26-22(27-21(19)31)28-9-11-32-12-10-28/h3-6,13-15H,7-12H2,1-2H3,(H,25,30)(H,26,27,31). The molecule has 1 atom stereocenters. The molecule has 4 rings (SSSR count). The van der Waals surface area contributed by atoms with Gasteiger partial charge in [0.15, 0.2) is 0 Å². The van der Waals surface area contributed by atoms with Gasteiger partial charge in [-0.05, 0) is 38.0 Å². The lowest BCUT2D eigenvalue weighted by molar-refractivity contribution is -0.121. The van der Waals surface area contributed by atoms with Crippen LogP contribution < -0.4 is 15.8 Å². The Hall–Kier alpha value is -3.53. The van der Waals surface area contributed by atoms with Gasteiger partial charge < -0.3 is 15.0 Å². The number of anilines is 1. The molecule has 2 N–H and O–H groups in total. The van der Waals surface area contributed by atoms with Gasteiger partial charge in [-0.2, -0.15) is 5.10 Å². The van der Waals surface area contributed by atoms with Gasteiger partial charge in [-0.1, -0.05) is 12.1 Å². The van der Waals surface area contributed by atoms with Gasteiger partial charge in [-0.15, -0.1) is 0 Å². The highest BCUT2D eigenvalue weighted by Gasteiger charge is 2.17. The molecule has 2 aromatic heterocycles. The molecule has 1 aromatic carbocycles. The lowest BCUT2D eigenvalue weighted by Gasteiger charge is -2.27. The van der Waals surface area contributed by atoms with Crippen LogP contribution >= 0.6 is 0 Å². The molecule has 0 saturated carbocycles. The van der Waals surface area contributed by atoms with Crippen molar-refractivity contribution in [3.8, 4) is 5.69 Å². The van der Waals surface area contributed by atoms with Gasteiger partial charge >= 0.3 is 0 Å². The zero-order chi connectivity index (χ0) is 22.5. The summed E-state index contributed by atoms with van der Waals surface area (Å²) < 4.78 is 7.02. The molecule has 1 amide bonds. The summed E-state index contributed by atoms with van der Waals surface area (Å²) in [5.41, 5.74) is 2.88. The Morgan fingerprint density at radius 3 is 2.66 bits per heavy atom. The van der Waals surface area contributed by atoms with Crippen molar-refractivity contribution in [1.82, 2.24) is 30.0 Å². The number of hydrogen-bond donors (Lipinski definition) is 2. The summed E-state index contributed by atoms with van der Waals surface area (Å²) in [6, 6.07) is 7.60. The van der Waals surface area contributed by atoms with Crippen LogP contribution in [0.4, 0.5) is 5.95 Å². The van der Waals surface area contributed by atoms with Crippen LogP contribution in [-0.2, 0) is 16.0 Å². The van der Waals surface area contributed by atoms with Crippen LogP contribution in [0, 0.1) is 6.92 Å². The maximum absolute atomic E-state index is 12.6. The number of carbonyl (C=O) groups excluding carboxylic acids is 1. The van der Waals surface area contributed by atoms with Crippen LogP contribution in [0.5, 0.6) is 0 Å². The Morgan fingerprint density at radius 1 is 1.25 bits per heavy atom. The Bertz CT molecular complexity index is 1100. The zero-order valence-corrected chi connectivity index (χ0v) is 18.2. The maximum Gasteiger partial charge on any atom is 0.255 e. The summed E-state index contributed by atoms with van der Waals surface area (Å²) in [6.07, 6.45) is 3.66. The maximum atomic E-state index is 12.6. The van der Waals surface area contributed by atoms with E-state index < -0.39 is 0 Å². The van der Waals surface area contributed by atoms with Crippen LogP contribution in [0.3, 0.4) is 0 Å². The molecule has 10 nitrogen and oxygen atoms in total. The number of hydrogen-bond acceptors (Lipinski definition) is 7. The number of aromatic amines is 1. The number of aryl methyl sites for hydroxylation is 1. The Labute approximate surface area is 185 Å². The van der Waals surface area contributed by atoms with Gasteiger partial charge in [0.05, 0.1) is 24.9 Å². The first-order valence-electron chi connectivity index (χ1n) is 10.7. The quantitative estimate of drug-likeness (QED) is 0.572. The third-order valence-electron chi connectivity index (χ3n) is 5.58. The smallest absolute Gasteiger partial charge is 0.255 e. The van der Waals surface area contributed by atoms with Crippen molar-refractivity contribution in [1.29, 1.82) is 0 Å². The summed E-state index contributed by atoms with van der Waals surface area (Å²) >= 11 is 0. The number of nitrogens with zero attached hydrogens (tertiary/aromatic N) is 5. The number of nitrogens with one attached hydrogen (secondary N) is 2. The van der Waals surface area contributed by atoms with Crippen molar-refractivity contribution in [3.63, 3.8) is 0 Å². The predicted molar refractivity (Wildman–Crippen MR) is 119 cm³/mol. The van der Waals surface area contributed by atoms with Crippen molar-refractivity contribution in [2.45, 2.75) is 32.7 Å². The molecule has 1 saturated heterocycles. The van der Waals surface area contributed by atoms with Crippen LogP contribution in [0.15, 0.2) is 41.7 Å². The molecule has 32 heavy (non-hydrogen) atoms. The van der Waals surface area contributed by atoms with E-state index in [2.05, 4.69) is 25.4 Å². The molecule has 0 aliphatic carbocycles. The molecule has 1 aliphatic heterocycles. The van der Waals surface area contributed by atoms with Crippen LogP contribution in [-0.4, -0.2) is 56.9 Å². The minimum absolute atomic E-state index is 0.117. The fourth-order valence-electron chi connectivity index (χ4n) is 3.71. The molecule has 1 aliphatic rings. The Morgan fingerprint density at radius 2 is 2.00 bits per heavy atom. The van der Waals surface area contributed by atoms with Gasteiger partial charge in [-0.3, -0.25) is 14.6 Å². The molecule has 3 heterocycles. The van der Waals surface area contributed by atoms with Crippen LogP contribution in [0.2, 0.25) is 0 Å². The third kappa shape index (κ3) is 5.02. The van der Waals surface area contributed by atoms with E-state index in [1.807, 2.05) is 43.0 Å². The fourth-order valence-corrected chi connectivity index (χ4v) is 3.71. The average molecular weight is 438 g/mol. The number of ether oxygens (including phenoxy) is 1. The second-order valence-electron chi connectivity index (χ2n) is 7.77. The van der Waals surface area contributed by atoms with E-state index in [-0.39, 0.29) is 23.9 Å². The van der Waals surface area contributed by atoms with Crippen molar-refractivity contribution in [2.75, 3.05) is 31.2 Å². The van der Waals surface area contributed by atoms with Crippen molar-refractivity contribution >= 4 is 11.9 Å². The van der Waals surface area contributed by atoms with Crippen LogP contribution in [0.25, 0.3) is 5.69 Å². The molecule has 1 unspecified atom stereocenters. The first-order valence-corrected chi connectivity index (χ1v) is 10.7. The summed E-state index contributed by atoms with van der Waals surface area (Å²) in [6.45, 7) is 6.37. The summed E-state index contributed by atoms with van der Waals surface area (Å²) in [5.74, 6) is 0.445. The molecular weight excluding hydrogens is 410 g/mol. The molecule has 0 spiro atoms. The van der Waals surface area contributed by atoms with Crippen molar-refractivity contribution in [2.24, 2.45) is 0 Å². The van der Waals surface area contributed by atoms with E-state index in [0.29, 0.717) is 49.9 Å². The number of benzene rings is 1. The highest BCUT2D eigenvalue weighted by atomic mass is 16.5. The fraction of sp³-hybridized carbons (Fsp3) is 0.409. The van der Waals surface area contributed by atoms with Gasteiger partial charge in [0, 0.05) is 30.8 Å². The van der Waals surface area contributed by atoms with E-state index in [1.54, 1.807) is 11.0 Å². The Balaban J connectivity index is 1.34. The summed E-state index contributed by atoms with van der Waals surface area (Å²) in [4.78, 5) is 38.4. The number of rotatable bonds is 7. The van der Waals surface area contributed by atoms with E-state index in [9.17, 15) is 9.59 Å². The Kier molecular flexibility index (Phi) is 6.60. The van der Waals surface area contributed by atoms with E-state index in [0.717, 1.165) is 11.3 Å². The van der Waals surface area contributed by atoms with Gasteiger partial charge in [-0.25, -0.2) is 14.6 Å². The first-order chi connectivity index (χ1) is 15.5. The SMILES string of the molecule is Cc1nc(N2CCOCC2)[nH]c(=O)c1CCC(=O)NC(C)c1ccc(-n2cncn2)cc1. The lowest BCUT2D eigenvalue weighted by atomic mass is 10.1. The molecular formula is C22H27N7O3. The number of amides is 1. The number of H-pyrrole nitrogens is 1. The largest absolute Gasteiger partial charge is 0.378 e. The average Bonchev–Trinajstić information content (AvgIpc) is 3.34. The van der Waals surface area contributed by atoms with E-state index in [4.69, 9.17) is 4.74 Å². The second-order valence-corrected chi connectivity index (χ2v) is 7.77. The number of morpholine rings is 1. The molecule has 168 valence electrons. The predicted octanol–water partition coefficient (Wildman–Crippen LogP) is 1.31.